The third-order valence-electron chi connectivity index (χ3n) is 2.17. The van der Waals surface area contributed by atoms with Crippen LogP contribution in [0.4, 0.5) is 0 Å². The zero-order valence-electron chi connectivity index (χ0n) is 10.3. The number of hydrogen-bond donors (Lipinski definition) is 0. The first kappa shape index (κ1) is 14.9. The molecule has 4 nitrogen and oxygen atoms in total. The molecule has 0 aliphatic heterocycles. The molecule has 4 heteroatoms. The fourth-order valence-electron chi connectivity index (χ4n) is 1.30. The minimum absolute atomic E-state index is 0.199. The summed E-state index contributed by atoms with van der Waals surface area (Å²) in [6, 6.07) is 0. The highest BCUT2D eigenvalue weighted by Crippen LogP contribution is 2.04. The lowest BCUT2D eigenvalue weighted by molar-refractivity contribution is -0.167. The summed E-state index contributed by atoms with van der Waals surface area (Å²) in [6.07, 6.45) is 6.71. The largest absolute Gasteiger partial charge is 0.458 e. The first-order valence-corrected chi connectivity index (χ1v) is 6.06. The van der Waals surface area contributed by atoms with Gasteiger partial charge in [0.05, 0.1) is 13.2 Å². The first-order valence-electron chi connectivity index (χ1n) is 6.06. The monoisotopic (exact) mass is 230 g/mol. The molecule has 16 heavy (non-hydrogen) atoms. The van der Waals surface area contributed by atoms with E-state index in [-0.39, 0.29) is 6.61 Å². The highest BCUT2D eigenvalue weighted by Gasteiger charge is 2.15. The Balaban J connectivity index is 3.31. The van der Waals surface area contributed by atoms with Crippen molar-refractivity contribution < 1.29 is 19.1 Å². The van der Waals surface area contributed by atoms with E-state index in [4.69, 9.17) is 4.74 Å². The zero-order chi connectivity index (χ0) is 12.2. The molecule has 0 spiro atoms. The van der Waals surface area contributed by atoms with Crippen LogP contribution in [0.25, 0.3) is 0 Å². The summed E-state index contributed by atoms with van der Waals surface area (Å²) in [5, 5.41) is 0. The van der Waals surface area contributed by atoms with E-state index in [9.17, 15) is 9.59 Å². The van der Waals surface area contributed by atoms with Crippen LogP contribution in [0.2, 0.25) is 0 Å². The number of ether oxygens (including phenoxy) is 2. The predicted molar refractivity (Wildman–Crippen MR) is 61.0 cm³/mol. The Morgan fingerprint density at radius 2 is 1.38 bits per heavy atom. The maximum atomic E-state index is 11.0. The van der Waals surface area contributed by atoms with E-state index in [2.05, 4.69) is 11.7 Å². The molecule has 0 aliphatic rings. The van der Waals surface area contributed by atoms with E-state index < -0.39 is 11.9 Å². The molecule has 0 aromatic carbocycles. The molecule has 0 aliphatic carbocycles. The summed E-state index contributed by atoms with van der Waals surface area (Å²) < 4.78 is 9.25. The van der Waals surface area contributed by atoms with Gasteiger partial charge in [-0.1, -0.05) is 39.0 Å². The van der Waals surface area contributed by atoms with Crippen molar-refractivity contribution in [1.82, 2.24) is 0 Å². The molecule has 0 bridgehead atoms. The summed E-state index contributed by atoms with van der Waals surface area (Å²) >= 11 is 0. The quantitative estimate of drug-likeness (QED) is 0.365. The van der Waals surface area contributed by atoms with E-state index in [1.807, 2.05) is 0 Å². The van der Waals surface area contributed by atoms with Crippen LogP contribution in [0.1, 0.15) is 52.4 Å². The van der Waals surface area contributed by atoms with Crippen LogP contribution in [-0.4, -0.2) is 25.2 Å². The van der Waals surface area contributed by atoms with Crippen molar-refractivity contribution in [3.8, 4) is 0 Å². The van der Waals surface area contributed by atoms with Crippen LogP contribution in [0.5, 0.6) is 0 Å². The minimum atomic E-state index is -0.895. The lowest BCUT2D eigenvalue weighted by atomic mass is 10.1. The second-order valence-corrected chi connectivity index (χ2v) is 3.62. The van der Waals surface area contributed by atoms with Crippen molar-refractivity contribution in [3.63, 3.8) is 0 Å². The van der Waals surface area contributed by atoms with Gasteiger partial charge >= 0.3 is 11.9 Å². The van der Waals surface area contributed by atoms with Gasteiger partial charge in [-0.15, -0.1) is 0 Å². The average Bonchev–Trinajstić information content (AvgIpc) is 2.28. The van der Waals surface area contributed by atoms with Gasteiger partial charge in [-0.2, -0.15) is 0 Å². The van der Waals surface area contributed by atoms with Gasteiger partial charge in [0.1, 0.15) is 0 Å². The van der Waals surface area contributed by atoms with Crippen molar-refractivity contribution in [3.05, 3.63) is 0 Å². The summed E-state index contributed by atoms with van der Waals surface area (Å²) in [5.41, 5.74) is 0. The number of hydrogen-bond acceptors (Lipinski definition) is 4. The third kappa shape index (κ3) is 8.26. The summed E-state index contributed by atoms with van der Waals surface area (Å²) in [5.74, 6) is -1.77. The lowest BCUT2D eigenvalue weighted by Crippen LogP contribution is -2.20. The van der Waals surface area contributed by atoms with Crippen LogP contribution < -0.4 is 0 Å². The molecular formula is C12H22O4. The lowest BCUT2D eigenvalue weighted by Gasteiger charge is -2.03. The molecule has 0 saturated carbocycles. The Morgan fingerprint density at radius 3 is 2.00 bits per heavy atom. The molecule has 0 unspecified atom stereocenters. The molecule has 0 heterocycles. The Kier molecular flexibility index (Phi) is 9.76. The predicted octanol–water partition coefficient (Wildman–Crippen LogP) is 2.45. The van der Waals surface area contributed by atoms with E-state index in [0.717, 1.165) is 19.3 Å². The fraction of sp³-hybridized carbons (Fsp3) is 0.833. The van der Waals surface area contributed by atoms with Gasteiger partial charge in [0.15, 0.2) is 0 Å². The number of rotatable bonds is 8. The normalized spacial score (nSPS) is 9.88. The van der Waals surface area contributed by atoms with Gasteiger partial charge in [-0.3, -0.25) is 0 Å². The summed E-state index contributed by atoms with van der Waals surface area (Å²) in [6.45, 7) is 4.33. The van der Waals surface area contributed by atoms with Crippen molar-refractivity contribution in [2.45, 2.75) is 52.4 Å². The first-order chi connectivity index (χ1) is 7.72. The maximum Gasteiger partial charge on any atom is 0.417 e. The van der Waals surface area contributed by atoms with Gasteiger partial charge in [0, 0.05) is 0 Å². The molecule has 0 aromatic rings. The second-order valence-electron chi connectivity index (χ2n) is 3.62. The molecule has 94 valence electrons. The van der Waals surface area contributed by atoms with Gasteiger partial charge < -0.3 is 9.47 Å². The van der Waals surface area contributed by atoms with Gasteiger partial charge in [0.25, 0.3) is 0 Å². The molecule has 0 aromatic heterocycles. The highest BCUT2D eigenvalue weighted by atomic mass is 16.6. The fourth-order valence-corrected chi connectivity index (χ4v) is 1.30. The molecule has 0 amide bonds. The molecule has 0 saturated heterocycles. The van der Waals surface area contributed by atoms with E-state index >= 15 is 0 Å². The molecule has 0 N–H and O–H groups in total. The standard InChI is InChI=1S/C12H22O4/c1-3-5-6-7-8-9-10-16-12(14)11(13)15-4-2/h3-10H2,1-2H3. The van der Waals surface area contributed by atoms with Crippen molar-refractivity contribution in [2.75, 3.05) is 13.2 Å². The molecule has 0 rings (SSSR count). The van der Waals surface area contributed by atoms with Crippen molar-refractivity contribution >= 4 is 11.9 Å². The Morgan fingerprint density at radius 1 is 0.812 bits per heavy atom. The maximum absolute atomic E-state index is 11.0. The van der Waals surface area contributed by atoms with Crippen LogP contribution in [-0.2, 0) is 19.1 Å². The van der Waals surface area contributed by atoms with Gasteiger partial charge in [-0.25, -0.2) is 9.59 Å². The highest BCUT2D eigenvalue weighted by molar-refractivity contribution is 6.29. The Bertz CT molecular complexity index is 201. The van der Waals surface area contributed by atoms with Crippen LogP contribution in [0.3, 0.4) is 0 Å². The van der Waals surface area contributed by atoms with E-state index in [1.54, 1.807) is 6.92 Å². The molecular weight excluding hydrogens is 208 g/mol. The second kappa shape index (κ2) is 10.5. The Labute approximate surface area is 97.3 Å². The smallest absolute Gasteiger partial charge is 0.417 e. The van der Waals surface area contributed by atoms with Crippen molar-refractivity contribution in [1.29, 1.82) is 0 Å². The van der Waals surface area contributed by atoms with Crippen LogP contribution in [0, 0.1) is 0 Å². The van der Waals surface area contributed by atoms with Crippen LogP contribution >= 0.6 is 0 Å². The van der Waals surface area contributed by atoms with E-state index in [1.165, 1.54) is 19.3 Å². The molecule has 0 atom stereocenters. The number of unbranched alkanes of at least 4 members (excludes halogenated alkanes) is 5. The average molecular weight is 230 g/mol. The summed E-state index contributed by atoms with van der Waals surface area (Å²) in [7, 11) is 0. The van der Waals surface area contributed by atoms with Gasteiger partial charge in [0.2, 0.25) is 0 Å². The Hall–Kier alpha value is -1.06. The topological polar surface area (TPSA) is 52.6 Å². The van der Waals surface area contributed by atoms with E-state index in [0.29, 0.717) is 6.61 Å². The number of carbonyl (C=O) groups is 2. The SMILES string of the molecule is CCCCCCCCOC(=O)C(=O)OCC. The van der Waals surface area contributed by atoms with Crippen LogP contribution in [0.15, 0.2) is 0 Å². The minimum Gasteiger partial charge on any atom is -0.458 e. The number of esters is 2. The van der Waals surface area contributed by atoms with Crippen molar-refractivity contribution in [2.24, 2.45) is 0 Å². The summed E-state index contributed by atoms with van der Waals surface area (Å²) in [4.78, 5) is 21.8. The molecule has 0 fully saturated rings. The molecule has 0 radical (unpaired) electrons. The third-order valence-corrected chi connectivity index (χ3v) is 2.17. The number of carbonyl (C=O) groups excluding carboxylic acids is 2. The van der Waals surface area contributed by atoms with Gasteiger partial charge in [-0.05, 0) is 13.3 Å². The zero-order valence-corrected chi connectivity index (χ0v) is 10.3.